The van der Waals surface area contributed by atoms with Gasteiger partial charge >= 0.3 is 0 Å². The summed E-state index contributed by atoms with van der Waals surface area (Å²) in [6.07, 6.45) is 8.06. The normalized spacial score (nSPS) is 54.4. The Bertz CT molecular complexity index is 696. The van der Waals surface area contributed by atoms with Gasteiger partial charge in [-0.25, -0.2) is 0 Å². The Morgan fingerprint density at radius 1 is 1.12 bits per heavy atom. The van der Waals surface area contributed by atoms with Gasteiger partial charge in [-0.1, -0.05) is 19.4 Å². The Hall–Kier alpha value is -1.00. The number of carbonyl (C=O) groups is 2. The molecule has 136 valence electrons. The fraction of sp³-hybridized carbons (Fsp3) is 0.810. The molecule has 1 N–H and O–H groups in total. The van der Waals surface area contributed by atoms with E-state index in [0.29, 0.717) is 24.2 Å². The van der Waals surface area contributed by atoms with Gasteiger partial charge in [0.05, 0.1) is 6.10 Å². The number of ketones is 2. The van der Waals surface area contributed by atoms with Gasteiger partial charge in [0.1, 0.15) is 6.61 Å². The number of Topliss-reactive ketones (excluding diaryl/α,β-unsaturated/α-hetero) is 1. The van der Waals surface area contributed by atoms with Crippen LogP contribution in [0.5, 0.6) is 0 Å². The molecule has 0 spiro atoms. The van der Waals surface area contributed by atoms with Crippen LogP contribution in [0, 0.1) is 28.6 Å². The molecule has 4 heteroatoms. The fourth-order valence-electron chi connectivity index (χ4n) is 7.53. The first kappa shape index (κ1) is 16.2. The molecule has 0 amide bonds. The predicted molar refractivity (Wildman–Crippen MR) is 91.8 cm³/mol. The van der Waals surface area contributed by atoms with Gasteiger partial charge in [0.2, 0.25) is 0 Å². The second-order valence-corrected chi connectivity index (χ2v) is 9.65. The summed E-state index contributed by atoms with van der Waals surface area (Å²) in [5, 5.41) is 11.3. The van der Waals surface area contributed by atoms with Crippen molar-refractivity contribution in [3.8, 4) is 0 Å². The van der Waals surface area contributed by atoms with Crippen LogP contribution in [0.25, 0.3) is 0 Å². The maximum absolute atomic E-state index is 12.5. The van der Waals surface area contributed by atoms with E-state index in [1.807, 2.05) is 6.08 Å². The highest BCUT2D eigenvalue weighted by Crippen LogP contribution is 2.68. The molecule has 3 saturated carbocycles. The number of hydrogen-bond acceptors (Lipinski definition) is 4. The maximum atomic E-state index is 12.5. The van der Waals surface area contributed by atoms with Crippen LogP contribution in [0.3, 0.4) is 0 Å². The van der Waals surface area contributed by atoms with Crippen molar-refractivity contribution in [1.82, 2.24) is 0 Å². The highest BCUT2D eigenvalue weighted by molar-refractivity contribution is 5.92. The first-order valence-electron chi connectivity index (χ1n) is 9.92. The molecule has 1 heterocycles. The van der Waals surface area contributed by atoms with Gasteiger partial charge in [-0.3, -0.25) is 9.59 Å². The summed E-state index contributed by atoms with van der Waals surface area (Å²) >= 11 is 0. The molecule has 4 fully saturated rings. The molecule has 1 saturated heterocycles. The van der Waals surface area contributed by atoms with Crippen LogP contribution < -0.4 is 0 Å². The Labute approximate surface area is 149 Å². The van der Waals surface area contributed by atoms with E-state index in [4.69, 9.17) is 4.74 Å². The molecule has 0 bridgehead atoms. The molecule has 0 radical (unpaired) electrons. The third-order valence-corrected chi connectivity index (χ3v) is 9.00. The Morgan fingerprint density at radius 3 is 2.72 bits per heavy atom. The van der Waals surface area contributed by atoms with Crippen molar-refractivity contribution in [3.63, 3.8) is 0 Å². The van der Waals surface area contributed by atoms with E-state index < -0.39 is 5.60 Å². The number of allylic oxidation sites excluding steroid dienone is 1. The second kappa shape index (κ2) is 4.83. The Morgan fingerprint density at radius 2 is 1.92 bits per heavy atom. The number of rotatable bonds is 0. The first-order valence-corrected chi connectivity index (χ1v) is 9.92. The van der Waals surface area contributed by atoms with Gasteiger partial charge in [0.25, 0.3) is 0 Å². The molecule has 0 unspecified atom stereocenters. The van der Waals surface area contributed by atoms with Gasteiger partial charge in [-0.2, -0.15) is 0 Å². The van der Waals surface area contributed by atoms with Crippen LogP contribution in [0.15, 0.2) is 11.6 Å². The zero-order valence-corrected chi connectivity index (χ0v) is 15.2. The fourth-order valence-corrected chi connectivity index (χ4v) is 7.53. The standard InChI is InChI=1S/C21H28O4/c1-19-7-5-13(22)9-12(19)3-4-14-15(19)6-8-20(2)16(14)10-18-21(20,24)17(23)11-25-18/h9,14-16,18,24H,3-8,10-11H2,1-2H3/t14-,15+,16+,18+,19-,20-,21-/m0/s1. The van der Waals surface area contributed by atoms with E-state index in [-0.39, 0.29) is 35.1 Å². The van der Waals surface area contributed by atoms with Gasteiger partial charge in [-0.15, -0.1) is 0 Å². The molecule has 25 heavy (non-hydrogen) atoms. The average Bonchev–Trinajstić information content (AvgIpc) is 2.99. The molecular formula is C21H28O4. The summed E-state index contributed by atoms with van der Waals surface area (Å²) in [7, 11) is 0. The van der Waals surface area contributed by atoms with E-state index >= 15 is 0 Å². The Balaban J connectivity index is 1.53. The third kappa shape index (κ3) is 1.76. The molecule has 5 rings (SSSR count). The van der Waals surface area contributed by atoms with Crippen molar-refractivity contribution in [2.24, 2.45) is 28.6 Å². The highest BCUT2D eigenvalue weighted by atomic mass is 16.5. The van der Waals surface area contributed by atoms with E-state index in [9.17, 15) is 14.7 Å². The molecular weight excluding hydrogens is 316 g/mol. The van der Waals surface area contributed by atoms with Gasteiger partial charge < -0.3 is 9.84 Å². The van der Waals surface area contributed by atoms with E-state index in [0.717, 1.165) is 38.5 Å². The van der Waals surface area contributed by atoms with Gasteiger partial charge in [-0.05, 0) is 67.8 Å². The predicted octanol–water partition coefficient (Wildman–Crippen LogP) is 2.83. The molecule has 4 aliphatic carbocycles. The van der Waals surface area contributed by atoms with E-state index in [1.54, 1.807) is 0 Å². The summed E-state index contributed by atoms with van der Waals surface area (Å²) in [6.45, 7) is 4.57. The van der Waals surface area contributed by atoms with E-state index in [1.165, 1.54) is 5.57 Å². The van der Waals surface area contributed by atoms with Crippen LogP contribution in [0.4, 0.5) is 0 Å². The van der Waals surface area contributed by atoms with Crippen molar-refractivity contribution in [3.05, 3.63) is 11.6 Å². The summed E-state index contributed by atoms with van der Waals surface area (Å²) in [6, 6.07) is 0. The van der Waals surface area contributed by atoms with Crippen LogP contribution in [-0.4, -0.2) is 35.0 Å². The average molecular weight is 344 g/mol. The monoisotopic (exact) mass is 344 g/mol. The molecule has 0 aromatic rings. The van der Waals surface area contributed by atoms with Crippen molar-refractivity contribution in [1.29, 1.82) is 0 Å². The summed E-state index contributed by atoms with van der Waals surface area (Å²) in [5.74, 6) is 1.62. The van der Waals surface area contributed by atoms with Crippen molar-refractivity contribution in [2.75, 3.05) is 6.61 Å². The maximum Gasteiger partial charge on any atom is 0.193 e. The molecule has 7 atom stereocenters. The van der Waals surface area contributed by atoms with Gasteiger partial charge in [0, 0.05) is 11.8 Å². The molecule has 1 aliphatic heterocycles. The number of hydrogen-bond donors (Lipinski definition) is 1. The van der Waals surface area contributed by atoms with Crippen molar-refractivity contribution in [2.45, 2.75) is 70.5 Å². The topological polar surface area (TPSA) is 63.6 Å². The number of aliphatic hydroxyl groups is 1. The minimum atomic E-state index is -1.28. The van der Waals surface area contributed by atoms with Crippen LogP contribution in [0.1, 0.15) is 58.8 Å². The SMILES string of the molecule is C[C@]12CCC(=O)C=C1CC[C@H]1[C@H]2CC[C@@]2(C)[C@@H]1C[C@H]1OCC(=O)[C@]12O. The zero-order valence-electron chi connectivity index (χ0n) is 15.2. The summed E-state index contributed by atoms with van der Waals surface area (Å²) < 4.78 is 5.72. The molecule has 0 aromatic heterocycles. The van der Waals surface area contributed by atoms with Crippen LogP contribution in [-0.2, 0) is 14.3 Å². The highest BCUT2D eigenvalue weighted by Gasteiger charge is 2.72. The Kier molecular flexibility index (Phi) is 3.13. The van der Waals surface area contributed by atoms with E-state index in [2.05, 4.69) is 13.8 Å². The lowest BCUT2D eigenvalue weighted by Crippen LogP contribution is -2.58. The number of carbonyl (C=O) groups excluding carboxylic acids is 2. The first-order chi connectivity index (χ1) is 11.8. The van der Waals surface area contributed by atoms with Crippen LogP contribution in [0.2, 0.25) is 0 Å². The largest absolute Gasteiger partial charge is 0.379 e. The molecule has 4 nitrogen and oxygen atoms in total. The molecule has 5 aliphatic rings. The lowest BCUT2D eigenvalue weighted by atomic mass is 9.46. The second-order valence-electron chi connectivity index (χ2n) is 9.65. The smallest absolute Gasteiger partial charge is 0.193 e. The summed E-state index contributed by atoms with van der Waals surface area (Å²) in [4.78, 5) is 24.4. The third-order valence-electron chi connectivity index (χ3n) is 9.00. The van der Waals surface area contributed by atoms with Crippen molar-refractivity contribution < 1.29 is 19.4 Å². The number of ether oxygens (including phenoxy) is 1. The minimum Gasteiger partial charge on any atom is -0.379 e. The zero-order chi connectivity index (χ0) is 17.6. The quantitative estimate of drug-likeness (QED) is 0.734. The van der Waals surface area contributed by atoms with Crippen LogP contribution >= 0.6 is 0 Å². The number of fused-ring (bicyclic) bond motifs is 7. The summed E-state index contributed by atoms with van der Waals surface area (Å²) in [5.41, 5.74) is -0.141. The minimum absolute atomic E-state index is 0.0737. The molecule has 0 aromatic carbocycles. The lowest BCUT2D eigenvalue weighted by molar-refractivity contribution is -0.159. The van der Waals surface area contributed by atoms with Gasteiger partial charge in [0.15, 0.2) is 17.2 Å². The lowest BCUT2D eigenvalue weighted by Gasteiger charge is -2.58. The van der Waals surface area contributed by atoms with Crippen molar-refractivity contribution >= 4 is 11.6 Å².